The van der Waals surface area contributed by atoms with Crippen LogP contribution in [-0.2, 0) is 4.79 Å². The molecule has 0 spiro atoms. The van der Waals surface area contributed by atoms with Crippen LogP contribution in [0, 0.1) is 11.8 Å². The van der Waals surface area contributed by atoms with Crippen LogP contribution in [0.3, 0.4) is 0 Å². The second kappa shape index (κ2) is 3.70. The van der Waals surface area contributed by atoms with Gasteiger partial charge in [0.25, 0.3) is 0 Å². The molecular formula is C10H16O. The van der Waals surface area contributed by atoms with E-state index in [9.17, 15) is 4.79 Å². The molecule has 1 nitrogen and oxygen atoms in total. The molecule has 0 bridgehead atoms. The number of aldehydes is 1. The molecular weight excluding hydrogens is 136 g/mol. The fraction of sp³-hybridized carbons (Fsp3) is 0.700. The molecule has 0 N–H and O–H groups in total. The Morgan fingerprint density at radius 3 is 2.91 bits per heavy atom. The third kappa shape index (κ3) is 2.18. The van der Waals surface area contributed by atoms with Crippen LogP contribution in [0.2, 0.25) is 0 Å². The van der Waals surface area contributed by atoms with E-state index in [4.69, 9.17) is 0 Å². The third-order valence-electron chi connectivity index (χ3n) is 2.50. The van der Waals surface area contributed by atoms with Crippen LogP contribution >= 0.6 is 0 Å². The molecule has 1 aliphatic carbocycles. The number of rotatable bonds is 2. The predicted molar refractivity (Wildman–Crippen MR) is 46.3 cm³/mol. The van der Waals surface area contributed by atoms with Gasteiger partial charge in [0.2, 0.25) is 0 Å². The molecule has 2 atom stereocenters. The van der Waals surface area contributed by atoms with Gasteiger partial charge in [-0.15, -0.1) is 0 Å². The first-order valence-corrected chi connectivity index (χ1v) is 4.38. The third-order valence-corrected chi connectivity index (χ3v) is 2.50. The van der Waals surface area contributed by atoms with Crippen LogP contribution in [-0.4, -0.2) is 6.29 Å². The van der Waals surface area contributed by atoms with Crippen LogP contribution in [0.4, 0.5) is 0 Å². The van der Waals surface area contributed by atoms with Gasteiger partial charge in [-0.25, -0.2) is 0 Å². The first-order valence-electron chi connectivity index (χ1n) is 4.38. The van der Waals surface area contributed by atoms with Gasteiger partial charge in [0.1, 0.15) is 6.29 Å². The summed E-state index contributed by atoms with van der Waals surface area (Å²) in [6.07, 6.45) is 6.83. The highest BCUT2D eigenvalue weighted by Gasteiger charge is 2.13. The summed E-state index contributed by atoms with van der Waals surface area (Å²) in [5.74, 6) is 0.972. The molecule has 1 rings (SSSR count). The molecule has 0 unspecified atom stereocenters. The molecule has 11 heavy (non-hydrogen) atoms. The highest BCUT2D eigenvalue weighted by atomic mass is 16.1. The lowest BCUT2D eigenvalue weighted by molar-refractivity contribution is -0.109. The van der Waals surface area contributed by atoms with E-state index in [0.29, 0.717) is 0 Å². The Bertz CT molecular complexity index is 170. The minimum atomic E-state index is 0.155. The number of hydrogen-bond donors (Lipinski definition) is 0. The zero-order chi connectivity index (χ0) is 8.27. The topological polar surface area (TPSA) is 17.1 Å². The van der Waals surface area contributed by atoms with Gasteiger partial charge >= 0.3 is 0 Å². The lowest BCUT2D eigenvalue weighted by atomic mass is 9.86. The average molecular weight is 152 g/mol. The molecule has 0 aliphatic heterocycles. The SMILES string of the molecule is C[C@H]1CC=C([C@@H](C)C=O)CC1. The summed E-state index contributed by atoms with van der Waals surface area (Å²) in [5, 5.41) is 0. The summed E-state index contributed by atoms with van der Waals surface area (Å²) in [4.78, 5) is 10.4. The molecule has 1 heteroatoms. The van der Waals surface area contributed by atoms with Crippen molar-refractivity contribution in [2.75, 3.05) is 0 Å². The van der Waals surface area contributed by atoms with Gasteiger partial charge < -0.3 is 4.79 Å². The summed E-state index contributed by atoms with van der Waals surface area (Å²) in [5.41, 5.74) is 1.35. The van der Waals surface area contributed by atoms with Crippen molar-refractivity contribution in [3.05, 3.63) is 11.6 Å². The van der Waals surface area contributed by atoms with Gasteiger partial charge in [-0.1, -0.05) is 25.5 Å². The van der Waals surface area contributed by atoms with E-state index < -0.39 is 0 Å². The molecule has 0 aromatic rings. The minimum absolute atomic E-state index is 0.155. The summed E-state index contributed by atoms with van der Waals surface area (Å²) >= 11 is 0. The summed E-state index contributed by atoms with van der Waals surface area (Å²) < 4.78 is 0. The molecule has 0 saturated carbocycles. The van der Waals surface area contributed by atoms with Gasteiger partial charge in [0.05, 0.1) is 0 Å². The Kier molecular flexibility index (Phi) is 2.86. The molecule has 0 fully saturated rings. The zero-order valence-corrected chi connectivity index (χ0v) is 7.34. The molecule has 0 aromatic carbocycles. The molecule has 62 valence electrons. The highest BCUT2D eigenvalue weighted by molar-refractivity contribution is 5.58. The molecule has 1 aliphatic rings. The largest absolute Gasteiger partial charge is 0.303 e. The van der Waals surface area contributed by atoms with Crippen molar-refractivity contribution in [2.24, 2.45) is 11.8 Å². The molecule has 0 saturated heterocycles. The van der Waals surface area contributed by atoms with Crippen molar-refractivity contribution in [1.82, 2.24) is 0 Å². The van der Waals surface area contributed by atoms with Gasteiger partial charge in [-0.3, -0.25) is 0 Å². The van der Waals surface area contributed by atoms with Crippen LogP contribution in [0.5, 0.6) is 0 Å². The van der Waals surface area contributed by atoms with Crippen LogP contribution in [0.15, 0.2) is 11.6 Å². The summed E-state index contributed by atoms with van der Waals surface area (Å²) in [6, 6.07) is 0. The quantitative estimate of drug-likeness (QED) is 0.439. The molecule has 0 radical (unpaired) electrons. The summed E-state index contributed by atoms with van der Waals surface area (Å²) in [6.45, 7) is 4.24. The summed E-state index contributed by atoms with van der Waals surface area (Å²) in [7, 11) is 0. The first-order chi connectivity index (χ1) is 5.24. The van der Waals surface area contributed by atoms with Gasteiger partial charge in [0.15, 0.2) is 0 Å². The maximum atomic E-state index is 10.4. The van der Waals surface area contributed by atoms with Crippen molar-refractivity contribution in [3.63, 3.8) is 0 Å². The van der Waals surface area contributed by atoms with E-state index >= 15 is 0 Å². The maximum Gasteiger partial charge on any atom is 0.126 e. The molecule has 0 amide bonds. The second-order valence-electron chi connectivity index (χ2n) is 3.58. The van der Waals surface area contributed by atoms with Crippen molar-refractivity contribution >= 4 is 6.29 Å². The van der Waals surface area contributed by atoms with E-state index in [1.165, 1.54) is 12.0 Å². The smallest absolute Gasteiger partial charge is 0.126 e. The van der Waals surface area contributed by atoms with Gasteiger partial charge in [-0.2, -0.15) is 0 Å². The van der Waals surface area contributed by atoms with Crippen molar-refractivity contribution in [1.29, 1.82) is 0 Å². The predicted octanol–water partition coefficient (Wildman–Crippen LogP) is 2.57. The van der Waals surface area contributed by atoms with E-state index in [-0.39, 0.29) is 5.92 Å². The van der Waals surface area contributed by atoms with E-state index in [0.717, 1.165) is 25.0 Å². The lowest BCUT2D eigenvalue weighted by Gasteiger charge is -2.19. The minimum Gasteiger partial charge on any atom is -0.303 e. The molecule has 0 aromatic heterocycles. The maximum absolute atomic E-state index is 10.4. The second-order valence-corrected chi connectivity index (χ2v) is 3.58. The number of allylic oxidation sites excluding steroid dienone is 2. The monoisotopic (exact) mass is 152 g/mol. The molecule has 0 heterocycles. The van der Waals surface area contributed by atoms with Gasteiger partial charge in [-0.05, 0) is 25.2 Å². The fourth-order valence-electron chi connectivity index (χ4n) is 1.49. The standard InChI is InChI=1S/C10H16O/c1-8-3-5-10(6-4-8)9(2)7-11/h5,7-9H,3-4,6H2,1-2H3/t8-,9-/m0/s1. The Hall–Kier alpha value is -0.590. The number of hydrogen-bond acceptors (Lipinski definition) is 1. The number of carbonyl (C=O) groups excluding carboxylic acids is 1. The lowest BCUT2D eigenvalue weighted by Crippen LogP contribution is -2.08. The average Bonchev–Trinajstić information content (AvgIpc) is 2.05. The Labute approximate surface area is 68.5 Å². The Balaban J connectivity index is 2.53. The van der Waals surface area contributed by atoms with Crippen molar-refractivity contribution in [3.8, 4) is 0 Å². The van der Waals surface area contributed by atoms with E-state index in [1.54, 1.807) is 0 Å². The van der Waals surface area contributed by atoms with Crippen LogP contribution in [0.25, 0.3) is 0 Å². The normalized spacial score (nSPS) is 27.5. The zero-order valence-electron chi connectivity index (χ0n) is 7.34. The fourth-order valence-corrected chi connectivity index (χ4v) is 1.49. The van der Waals surface area contributed by atoms with Crippen LogP contribution in [0.1, 0.15) is 33.1 Å². The first kappa shape index (κ1) is 8.51. The van der Waals surface area contributed by atoms with Gasteiger partial charge in [0, 0.05) is 5.92 Å². The van der Waals surface area contributed by atoms with E-state index in [1.807, 2.05) is 6.92 Å². The Morgan fingerprint density at radius 2 is 2.45 bits per heavy atom. The van der Waals surface area contributed by atoms with Crippen LogP contribution < -0.4 is 0 Å². The van der Waals surface area contributed by atoms with Crippen molar-refractivity contribution < 1.29 is 4.79 Å². The Morgan fingerprint density at radius 1 is 1.73 bits per heavy atom. The highest BCUT2D eigenvalue weighted by Crippen LogP contribution is 2.26. The number of carbonyl (C=O) groups is 1. The van der Waals surface area contributed by atoms with E-state index in [2.05, 4.69) is 13.0 Å². The van der Waals surface area contributed by atoms with Crippen molar-refractivity contribution in [2.45, 2.75) is 33.1 Å².